The normalized spacial score (nSPS) is 10.4. The van der Waals surface area contributed by atoms with Gasteiger partial charge in [-0.3, -0.25) is 4.79 Å². The Morgan fingerprint density at radius 3 is 2.88 bits per heavy atom. The Bertz CT molecular complexity index is 366. The lowest BCUT2D eigenvalue weighted by Crippen LogP contribution is -2.15. The van der Waals surface area contributed by atoms with Crippen molar-refractivity contribution in [2.24, 2.45) is 0 Å². The molecule has 16 heavy (non-hydrogen) atoms. The van der Waals surface area contributed by atoms with Gasteiger partial charge >= 0.3 is 5.97 Å². The van der Waals surface area contributed by atoms with Gasteiger partial charge in [-0.25, -0.2) is 4.39 Å². The summed E-state index contributed by atoms with van der Waals surface area (Å²) in [5.74, 6) is -0.978. The standard InChI is InChI=1S/C12H16FNO2/c1-9-7-10(4-5-11(9)13)8-14-6-2-3-12(15)16/h4-5,7,14H,2-3,6,8H2,1H3,(H,15,16). The number of rotatable bonds is 6. The highest BCUT2D eigenvalue weighted by molar-refractivity contribution is 5.66. The largest absolute Gasteiger partial charge is 0.481 e. The predicted octanol–water partition coefficient (Wildman–Crippen LogP) is 2.09. The monoisotopic (exact) mass is 225 g/mol. The van der Waals surface area contributed by atoms with Crippen LogP contribution in [0, 0.1) is 12.7 Å². The van der Waals surface area contributed by atoms with Crippen molar-refractivity contribution in [3.63, 3.8) is 0 Å². The van der Waals surface area contributed by atoms with Crippen LogP contribution in [0.1, 0.15) is 24.0 Å². The van der Waals surface area contributed by atoms with Crippen LogP contribution in [0.4, 0.5) is 4.39 Å². The Balaban J connectivity index is 2.27. The predicted molar refractivity (Wildman–Crippen MR) is 59.7 cm³/mol. The van der Waals surface area contributed by atoms with E-state index in [0.717, 1.165) is 5.56 Å². The Hall–Kier alpha value is -1.42. The van der Waals surface area contributed by atoms with Crippen molar-refractivity contribution >= 4 is 5.97 Å². The molecule has 0 saturated carbocycles. The molecular formula is C12H16FNO2. The van der Waals surface area contributed by atoms with Crippen molar-refractivity contribution in [1.82, 2.24) is 5.32 Å². The van der Waals surface area contributed by atoms with Crippen molar-refractivity contribution < 1.29 is 14.3 Å². The number of nitrogens with one attached hydrogen (secondary N) is 1. The SMILES string of the molecule is Cc1cc(CNCCCC(=O)O)ccc1F. The summed E-state index contributed by atoms with van der Waals surface area (Å²) in [6.07, 6.45) is 0.783. The Morgan fingerprint density at radius 1 is 1.50 bits per heavy atom. The summed E-state index contributed by atoms with van der Waals surface area (Å²) in [6.45, 7) is 3.02. The second-order valence-electron chi connectivity index (χ2n) is 3.76. The lowest BCUT2D eigenvalue weighted by molar-refractivity contribution is -0.137. The molecule has 88 valence electrons. The van der Waals surface area contributed by atoms with Crippen LogP contribution in [0.25, 0.3) is 0 Å². The van der Waals surface area contributed by atoms with Crippen LogP contribution in [0.3, 0.4) is 0 Å². The van der Waals surface area contributed by atoms with Gasteiger partial charge in [-0.05, 0) is 37.1 Å². The molecule has 0 bridgehead atoms. The van der Waals surface area contributed by atoms with Crippen LogP contribution >= 0.6 is 0 Å². The van der Waals surface area contributed by atoms with E-state index < -0.39 is 5.97 Å². The van der Waals surface area contributed by atoms with Gasteiger partial charge < -0.3 is 10.4 Å². The van der Waals surface area contributed by atoms with E-state index in [-0.39, 0.29) is 12.2 Å². The van der Waals surface area contributed by atoms with Crippen LogP contribution in [0.15, 0.2) is 18.2 Å². The first-order valence-corrected chi connectivity index (χ1v) is 5.27. The number of aryl methyl sites for hydroxylation is 1. The zero-order valence-electron chi connectivity index (χ0n) is 9.29. The van der Waals surface area contributed by atoms with Gasteiger partial charge in [-0.1, -0.05) is 12.1 Å². The molecule has 2 N–H and O–H groups in total. The molecule has 0 aliphatic rings. The third-order valence-corrected chi connectivity index (χ3v) is 2.30. The van der Waals surface area contributed by atoms with E-state index in [9.17, 15) is 9.18 Å². The minimum atomic E-state index is -0.778. The number of carboxylic acids is 1. The minimum absolute atomic E-state index is 0.176. The van der Waals surface area contributed by atoms with Crippen LogP contribution in [-0.2, 0) is 11.3 Å². The highest BCUT2D eigenvalue weighted by Gasteiger charge is 1.99. The van der Waals surface area contributed by atoms with Crippen molar-refractivity contribution in [2.75, 3.05) is 6.54 Å². The first kappa shape index (κ1) is 12.6. The molecule has 0 amide bonds. The quantitative estimate of drug-likeness (QED) is 0.729. The molecule has 0 fully saturated rings. The molecule has 0 aromatic heterocycles. The summed E-state index contributed by atoms with van der Waals surface area (Å²) >= 11 is 0. The fourth-order valence-corrected chi connectivity index (χ4v) is 1.41. The average molecular weight is 225 g/mol. The Labute approximate surface area is 94.3 Å². The smallest absolute Gasteiger partial charge is 0.303 e. The summed E-state index contributed by atoms with van der Waals surface area (Å²) in [5, 5.41) is 11.5. The molecular weight excluding hydrogens is 209 g/mol. The maximum atomic E-state index is 12.9. The molecule has 4 heteroatoms. The van der Waals surface area contributed by atoms with E-state index >= 15 is 0 Å². The van der Waals surface area contributed by atoms with Crippen LogP contribution in [-0.4, -0.2) is 17.6 Å². The molecule has 1 aromatic rings. The van der Waals surface area contributed by atoms with E-state index in [1.54, 1.807) is 19.1 Å². The molecule has 0 unspecified atom stereocenters. The lowest BCUT2D eigenvalue weighted by Gasteiger charge is -2.05. The molecule has 0 heterocycles. The van der Waals surface area contributed by atoms with E-state index in [2.05, 4.69) is 5.32 Å². The second-order valence-corrected chi connectivity index (χ2v) is 3.76. The molecule has 0 aliphatic heterocycles. The molecule has 0 radical (unpaired) electrons. The second kappa shape index (κ2) is 6.23. The van der Waals surface area contributed by atoms with Crippen LogP contribution in [0.5, 0.6) is 0 Å². The van der Waals surface area contributed by atoms with Crippen molar-refractivity contribution in [2.45, 2.75) is 26.3 Å². The number of aliphatic carboxylic acids is 1. The number of hydrogen-bond donors (Lipinski definition) is 2. The van der Waals surface area contributed by atoms with Crippen LogP contribution < -0.4 is 5.32 Å². The van der Waals surface area contributed by atoms with Gasteiger partial charge in [0.2, 0.25) is 0 Å². The van der Waals surface area contributed by atoms with Crippen molar-refractivity contribution in [1.29, 1.82) is 0 Å². The summed E-state index contributed by atoms with van der Waals surface area (Å²) in [4.78, 5) is 10.2. The number of carbonyl (C=O) groups is 1. The van der Waals surface area contributed by atoms with Crippen molar-refractivity contribution in [3.05, 3.63) is 35.1 Å². The first-order chi connectivity index (χ1) is 7.59. The molecule has 1 rings (SSSR count). The van der Waals surface area contributed by atoms with Crippen molar-refractivity contribution in [3.8, 4) is 0 Å². The zero-order valence-corrected chi connectivity index (χ0v) is 9.29. The summed E-state index contributed by atoms with van der Waals surface area (Å²) in [7, 11) is 0. The fraction of sp³-hybridized carbons (Fsp3) is 0.417. The lowest BCUT2D eigenvalue weighted by atomic mass is 10.1. The highest BCUT2D eigenvalue weighted by Crippen LogP contribution is 2.08. The van der Waals surface area contributed by atoms with Gasteiger partial charge in [0.15, 0.2) is 0 Å². The molecule has 0 atom stereocenters. The first-order valence-electron chi connectivity index (χ1n) is 5.27. The molecule has 0 saturated heterocycles. The maximum Gasteiger partial charge on any atom is 0.303 e. The summed E-state index contributed by atoms with van der Waals surface area (Å²) in [6, 6.07) is 4.97. The van der Waals surface area contributed by atoms with Crippen LogP contribution in [0.2, 0.25) is 0 Å². The van der Waals surface area contributed by atoms with Gasteiger partial charge in [0, 0.05) is 13.0 Å². The molecule has 3 nitrogen and oxygen atoms in total. The van der Waals surface area contributed by atoms with Gasteiger partial charge in [0.25, 0.3) is 0 Å². The highest BCUT2D eigenvalue weighted by atomic mass is 19.1. The fourth-order valence-electron chi connectivity index (χ4n) is 1.41. The number of carboxylic acid groups (broad SMARTS) is 1. The van der Waals surface area contributed by atoms with Gasteiger partial charge in [0.05, 0.1) is 0 Å². The molecule has 1 aromatic carbocycles. The molecule has 0 aliphatic carbocycles. The topological polar surface area (TPSA) is 49.3 Å². The Morgan fingerprint density at radius 2 is 2.25 bits per heavy atom. The van der Waals surface area contributed by atoms with E-state index in [1.807, 2.05) is 0 Å². The van der Waals surface area contributed by atoms with Gasteiger partial charge in [0.1, 0.15) is 5.82 Å². The maximum absolute atomic E-state index is 12.9. The minimum Gasteiger partial charge on any atom is -0.481 e. The summed E-state index contributed by atoms with van der Waals surface area (Å²) < 4.78 is 12.9. The average Bonchev–Trinajstić information content (AvgIpc) is 2.22. The number of halogens is 1. The molecule has 0 spiro atoms. The number of benzene rings is 1. The van der Waals surface area contributed by atoms with E-state index in [0.29, 0.717) is 25.1 Å². The van der Waals surface area contributed by atoms with Gasteiger partial charge in [-0.15, -0.1) is 0 Å². The Kier molecular flexibility index (Phi) is 4.92. The third-order valence-electron chi connectivity index (χ3n) is 2.30. The van der Waals surface area contributed by atoms with E-state index in [1.165, 1.54) is 6.07 Å². The number of hydrogen-bond acceptors (Lipinski definition) is 2. The van der Waals surface area contributed by atoms with E-state index in [4.69, 9.17) is 5.11 Å². The third kappa shape index (κ3) is 4.40. The summed E-state index contributed by atoms with van der Waals surface area (Å²) in [5.41, 5.74) is 1.64. The zero-order chi connectivity index (χ0) is 12.0. The van der Waals surface area contributed by atoms with Gasteiger partial charge in [-0.2, -0.15) is 0 Å².